The Morgan fingerprint density at radius 3 is 1.90 bits per heavy atom. The van der Waals surface area contributed by atoms with Gasteiger partial charge in [0, 0.05) is 0 Å². The molecule has 0 heterocycles. The minimum atomic E-state index is -2.56. The summed E-state index contributed by atoms with van der Waals surface area (Å²) in [6, 6.07) is 21.4. The summed E-state index contributed by atoms with van der Waals surface area (Å²) in [5, 5.41) is 12.9. The van der Waals surface area contributed by atoms with E-state index in [4.69, 9.17) is 4.43 Å². The van der Waals surface area contributed by atoms with E-state index in [0.29, 0.717) is 6.61 Å². The lowest BCUT2D eigenvalue weighted by Gasteiger charge is -2.43. The van der Waals surface area contributed by atoms with Crippen molar-refractivity contribution in [1.82, 2.24) is 0 Å². The molecule has 2 aromatic rings. The van der Waals surface area contributed by atoms with Gasteiger partial charge < -0.3 is 9.53 Å². The van der Waals surface area contributed by atoms with Crippen molar-refractivity contribution in [2.45, 2.75) is 71.4 Å². The predicted molar refractivity (Wildman–Crippen MR) is 127 cm³/mol. The van der Waals surface area contributed by atoms with Gasteiger partial charge in [-0.05, 0) is 40.8 Å². The van der Waals surface area contributed by atoms with Crippen molar-refractivity contribution in [2.75, 3.05) is 6.61 Å². The minimum absolute atomic E-state index is 0.0538. The molecule has 1 N–H and O–H groups in total. The molecule has 1 atom stereocenters. The predicted octanol–water partition coefficient (Wildman–Crippen LogP) is 5.45. The Labute approximate surface area is 178 Å². The van der Waals surface area contributed by atoms with Crippen LogP contribution in [0.1, 0.15) is 60.3 Å². The van der Waals surface area contributed by atoms with Crippen molar-refractivity contribution in [3.63, 3.8) is 0 Å². The zero-order valence-corrected chi connectivity index (χ0v) is 19.8. The number of rotatable bonds is 10. The van der Waals surface area contributed by atoms with E-state index in [1.54, 1.807) is 0 Å². The normalized spacial score (nSPS) is 14.1. The van der Waals surface area contributed by atoms with E-state index in [2.05, 4.69) is 94.4 Å². The molecule has 0 spiro atoms. The Hall–Kier alpha value is -1.68. The first kappa shape index (κ1) is 23.6. The highest BCUT2D eigenvalue weighted by Crippen LogP contribution is 2.37. The molecular formula is C26H38O2Si. The van der Waals surface area contributed by atoms with E-state index in [-0.39, 0.29) is 5.04 Å². The van der Waals surface area contributed by atoms with Gasteiger partial charge in [-0.15, -0.1) is 0 Å². The number of hydrogen-bond acceptors (Lipinski definition) is 2. The standard InChI is InChI=1S/C26H38O2Si/c1-6-7-8-11-16-23(22(2)27)21-28-29(26(3,4)5,24-17-12-9-13-18-24)25-19-14-10-15-20-25/h9-10,12-20,22,27H,6-8,11,21H2,1-5H3/b23-16+. The van der Waals surface area contributed by atoms with Crippen LogP contribution in [0.2, 0.25) is 5.04 Å². The molecule has 0 saturated carbocycles. The number of allylic oxidation sites excluding steroid dienone is 1. The van der Waals surface area contributed by atoms with Gasteiger partial charge >= 0.3 is 0 Å². The highest BCUT2D eigenvalue weighted by atomic mass is 28.4. The molecule has 0 fully saturated rings. The molecule has 0 aliphatic heterocycles. The Morgan fingerprint density at radius 1 is 0.966 bits per heavy atom. The summed E-state index contributed by atoms with van der Waals surface area (Å²) in [5.41, 5.74) is 0.995. The van der Waals surface area contributed by atoms with Gasteiger partial charge in [0.1, 0.15) is 0 Å². The molecule has 0 aliphatic rings. The Balaban J connectivity index is 2.45. The van der Waals surface area contributed by atoms with Crippen LogP contribution >= 0.6 is 0 Å². The van der Waals surface area contributed by atoms with Gasteiger partial charge in [0.15, 0.2) is 0 Å². The molecule has 3 heteroatoms. The lowest BCUT2D eigenvalue weighted by Crippen LogP contribution is -2.66. The molecule has 158 valence electrons. The molecule has 0 aliphatic carbocycles. The Morgan fingerprint density at radius 2 is 1.48 bits per heavy atom. The zero-order valence-electron chi connectivity index (χ0n) is 18.8. The third kappa shape index (κ3) is 5.91. The average Bonchev–Trinajstić information content (AvgIpc) is 2.70. The highest BCUT2D eigenvalue weighted by Gasteiger charge is 2.50. The van der Waals surface area contributed by atoms with Crippen LogP contribution in [0.3, 0.4) is 0 Å². The highest BCUT2D eigenvalue weighted by molar-refractivity contribution is 6.99. The summed E-state index contributed by atoms with van der Waals surface area (Å²) < 4.78 is 6.96. The molecule has 0 bridgehead atoms. The average molecular weight is 411 g/mol. The van der Waals surface area contributed by atoms with E-state index in [1.165, 1.54) is 23.2 Å². The number of hydrogen-bond donors (Lipinski definition) is 1. The summed E-state index contributed by atoms with van der Waals surface area (Å²) >= 11 is 0. The van der Waals surface area contributed by atoms with E-state index >= 15 is 0 Å². The van der Waals surface area contributed by atoms with E-state index in [1.807, 2.05) is 6.92 Å². The first-order valence-electron chi connectivity index (χ1n) is 10.9. The fourth-order valence-corrected chi connectivity index (χ4v) is 8.52. The van der Waals surface area contributed by atoms with Crippen LogP contribution in [-0.4, -0.2) is 26.1 Å². The van der Waals surface area contributed by atoms with Crippen LogP contribution < -0.4 is 10.4 Å². The minimum Gasteiger partial charge on any atom is -0.403 e. The summed E-state index contributed by atoms with van der Waals surface area (Å²) in [6.45, 7) is 11.4. The molecular weight excluding hydrogens is 372 g/mol. The molecule has 0 aromatic heterocycles. The van der Waals surface area contributed by atoms with Crippen molar-refractivity contribution in [3.05, 3.63) is 72.3 Å². The Kier molecular flexibility index (Phi) is 8.88. The first-order chi connectivity index (χ1) is 13.8. The summed E-state index contributed by atoms with van der Waals surface area (Å²) in [5.74, 6) is 0. The van der Waals surface area contributed by atoms with Crippen LogP contribution in [0.5, 0.6) is 0 Å². The quantitative estimate of drug-likeness (QED) is 0.320. The molecule has 0 radical (unpaired) electrons. The SMILES string of the molecule is CCCCC/C=C(\CO[Si](c1ccccc1)(c1ccccc1)C(C)(C)C)C(C)O. The van der Waals surface area contributed by atoms with Gasteiger partial charge in [-0.3, -0.25) is 0 Å². The van der Waals surface area contributed by atoms with Crippen molar-refractivity contribution in [2.24, 2.45) is 0 Å². The van der Waals surface area contributed by atoms with Gasteiger partial charge in [0.05, 0.1) is 12.7 Å². The van der Waals surface area contributed by atoms with Crippen molar-refractivity contribution in [3.8, 4) is 0 Å². The van der Waals surface area contributed by atoms with Gasteiger partial charge in [-0.2, -0.15) is 0 Å². The summed E-state index contributed by atoms with van der Waals surface area (Å²) in [7, 11) is -2.56. The molecule has 0 saturated heterocycles. The van der Waals surface area contributed by atoms with Crippen LogP contribution in [0.4, 0.5) is 0 Å². The fraction of sp³-hybridized carbons (Fsp3) is 0.462. The molecule has 29 heavy (non-hydrogen) atoms. The number of benzene rings is 2. The van der Waals surface area contributed by atoms with Crippen molar-refractivity contribution < 1.29 is 9.53 Å². The lowest BCUT2D eigenvalue weighted by molar-refractivity contribution is 0.206. The number of unbranched alkanes of at least 4 members (excludes halogenated alkanes) is 3. The molecule has 2 rings (SSSR count). The molecule has 2 aromatic carbocycles. The smallest absolute Gasteiger partial charge is 0.261 e. The largest absolute Gasteiger partial charge is 0.403 e. The molecule has 2 nitrogen and oxygen atoms in total. The van der Waals surface area contributed by atoms with E-state index in [9.17, 15) is 5.11 Å². The topological polar surface area (TPSA) is 29.5 Å². The summed E-state index contributed by atoms with van der Waals surface area (Å²) in [4.78, 5) is 0. The van der Waals surface area contributed by atoms with E-state index in [0.717, 1.165) is 18.4 Å². The van der Waals surface area contributed by atoms with Gasteiger partial charge in [-0.25, -0.2) is 0 Å². The van der Waals surface area contributed by atoms with Crippen LogP contribution in [-0.2, 0) is 4.43 Å². The van der Waals surface area contributed by atoms with Gasteiger partial charge in [-0.1, -0.05) is 107 Å². The third-order valence-corrected chi connectivity index (χ3v) is 10.6. The summed E-state index contributed by atoms with van der Waals surface area (Å²) in [6.07, 6.45) is 6.28. The lowest BCUT2D eigenvalue weighted by atomic mass is 10.1. The van der Waals surface area contributed by atoms with Crippen LogP contribution in [0.25, 0.3) is 0 Å². The Bertz CT molecular complexity index is 706. The monoisotopic (exact) mass is 410 g/mol. The number of aliphatic hydroxyl groups excluding tert-OH is 1. The first-order valence-corrected chi connectivity index (χ1v) is 12.9. The second-order valence-electron chi connectivity index (χ2n) is 8.90. The van der Waals surface area contributed by atoms with Crippen molar-refractivity contribution in [1.29, 1.82) is 0 Å². The maximum absolute atomic E-state index is 10.4. The molecule has 0 amide bonds. The second-order valence-corrected chi connectivity index (χ2v) is 13.2. The molecule has 1 unspecified atom stereocenters. The zero-order chi connectivity index (χ0) is 21.3. The second kappa shape index (κ2) is 10.9. The van der Waals surface area contributed by atoms with Gasteiger partial charge in [0.25, 0.3) is 8.32 Å². The fourth-order valence-electron chi connectivity index (χ4n) is 3.99. The maximum atomic E-state index is 10.4. The van der Waals surface area contributed by atoms with Crippen molar-refractivity contribution >= 4 is 18.7 Å². The van der Waals surface area contributed by atoms with Gasteiger partial charge in [0.2, 0.25) is 0 Å². The third-order valence-electron chi connectivity index (χ3n) is 5.62. The number of aliphatic hydroxyl groups is 1. The van der Waals surface area contributed by atoms with Crippen LogP contribution in [0, 0.1) is 0 Å². The van der Waals surface area contributed by atoms with Crippen LogP contribution in [0.15, 0.2) is 72.3 Å². The van der Waals surface area contributed by atoms with E-state index < -0.39 is 14.4 Å². The maximum Gasteiger partial charge on any atom is 0.261 e.